The summed E-state index contributed by atoms with van der Waals surface area (Å²) in [5, 5.41) is 7.29. The first-order valence-electron chi connectivity index (χ1n) is 5.12. The Morgan fingerprint density at radius 3 is 2.87 bits per heavy atom. The molecule has 2 rings (SSSR count). The molecule has 0 bridgehead atoms. The molecule has 2 aromatic heterocycles. The van der Waals surface area contributed by atoms with Crippen molar-refractivity contribution in [3.8, 4) is 11.3 Å². The quantitative estimate of drug-likeness (QED) is 0.787. The van der Waals surface area contributed by atoms with Gasteiger partial charge in [0.1, 0.15) is 0 Å². The van der Waals surface area contributed by atoms with Crippen LogP contribution < -0.4 is 0 Å². The number of aromatic nitrogens is 3. The van der Waals surface area contributed by atoms with E-state index in [4.69, 9.17) is 0 Å². The molecule has 0 aromatic carbocycles. The van der Waals surface area contributed by atoms with E-state index in [9.17, 15) is 0 Å². The van der Waals surface area contributed by atoms with Crippen LogP contribution in [0.4, 0.5) is 0 Å². The summed E-state index contributed by atoms with van der Waals surface area (Å²) in [6, 6.07) is 4.09. The molecular weight excluding hydrogens is 186 g/mol. The van der Waals surface area contributed by atoms with E-state index >= 15 is 0 Å². The number of H-pyrrole nitrogens is 2. The monoisotopic (exact) mass is 201 g/mol. The van der Waals surface area contributed by atoms with Crippen LogP contribution in [-0.2, 0) is 6.42 Å². The molecule has 78 valence electrons. The van der Waals surface area contributed by atoms with Gasteiger partial charge in [0, 0.05) is 22.6 Å². The molecule has 0 aliphatic carbocycles. The van der Waals surface area contributed by atoms with E-state index in [2.05, 4.69) is 34.8 Å². The summed E-state index contributed by atoms with van der Waals surface area (Å²) in [4.78, 5) is 3.30. The van der Waals surface area contributed by atoms with Gasteiger partial charge in [0.15, 0.2) is 0 Å². The molecule has 2 heterocycles. The van der Waals surface area contributed by atoms with Crippen LogP contribution in [-0.4, -0.2) is 15.2 Å². The number of aromatic amines is 2. The standard InChI is InChI=1S/C12H15N3/c1-4-9-6-7-11(13-9)12-8(3)14-15-10(12)5-2/h4,6-7,13H,1,5H2,2-3H3,(H,14,15). The maximum atomic E-state index is 4.27. The average molecular weight is 201 g/mol. The molecule has 2 aromatic rings. The molecule has 3 nitrogen and oxygen atoms in total. The maximum absolute atomic E-state index is 4.27. The third-order valence-electron chi connectivity index (χ3n) is 2.55. The lowest BCUT2D eigenvalue weighted by Gasteiger charge is -1.98. The van der Waals surface area contributed by atoms with Crippen LogP contribution in [0.2, 0.25) is 0 Å². The van der Waals surface area contributed by atoms with E-state index in [1.807, 2.05) is 19.1 Å². The van der Waals surface area contributed by atoms with Crippen molar-refractivity contribution in [3.05, 3.63) is 35.8 Å². The molecule has 0 saturated carbocycles. The normalized spacial score (nSPS) is 10.5. The first-order valence-corrected chi connectivity index (χ1v) is 5.12. The molecule has 15 heavy (non-hydrogen) atoms. The van der Waals surface area contributed by atoms with Crippen LogP contribution in [0.15, 0.2) is 18.7 Å². The van der Waals surface area contributed by atoms with Gasteiger partial charge in [-0.2, -0.15) is 5.10 Å². The van der Waals surface area contributed by atoms with Crippen molar-refractivity contribution < 1.29 is 0 Å². The highest BCUT2D eigenvalue weighted by atomic mass is 15.1. The zero-order valence-corrected chi connectivity index (χ0v) is 9.09. The van der Waals surface area contributed by atoms with Gasteiger partial charge in [-0.1, -0.05) is 13.5 Å². The molecule has 3 heteroatoms. The Morgan fingerprint density at radius 2 is 2.27 bits per heavy atom. The minimum absolute atomic E-state index is 0.933. The Hall–Kier alpha value is -1.77. The molecule has 0 radical (unpaired) electrons. The molecule has 0 fully saturated rings. The molecule has 0 spiro atoms. The fourth-order valence-corrected chi connectivity index (χ4v) is 1.77. The SMILES string of the molecule is C=Cc1ccc(-c2c(CC)n[nH]c2C)[nH]1. The van der Waals surface area contributed by atoms with E-state index in [1.165, 1.54) is 5.56 Å². The van der Waals surface area contributed by atoms with Gasteiger partial charge in [0.05, 0.1) is 5.69 Å². The topological polar surface area (TPSA) is 44.5 Å². The molecule has 0 amide bonds. The Labute approximate surface area is 89.2 Å². The van der Waals surface area contributed by atoms with Gasteiger partial charge in [0.2, 0.25) is 0 Å². The summed E-state index contributed by atoms with van der Waals surface area (Å²) < 4.78 is 0. The van der Waals surface area contributed by atoms with Crippen LogP contribution in [0.3, 0.4) is 0 Å². The highest BCUT2D eigenvalue weighted by Crippen LogP contribution is 2.25. The van der Waals surface area contributed by atoms with Gasteiger partial charge in [0.25, 0.3) is 0 Å². The van der Waals surface area contributed by atoms with Crippen LogP contribution in [0.5, 0.6) is 0 Å². The minimum Gasteiger partial charge on any atom is -0.355 e. The van der Waals surface area contributed by atoms with E-state index in [1.54, 1.807) is 0 Å². The Kier molecular flexibility index (Phi) is 2.46. The van der Waals surface area contributed by atoms with Crippen molar-refractivity contribution in [2.24, 2.45) is 0 Å². The Balaban J connectivity index is 2.51. The predicted octanol–water partition coefficient (Wildman–Crippen LogP) is 2.92. The van der Waals surface area contributed by atoms with E-state index in [0.717, 1.165) is 29.2 Å². The first-order chi connectivity index (χ1) is 7.26. The van der Waals surface area contributed by atoms with E-state index in [0.29, 0.717) is 0 Å². The summed E-state index contributed by atoms with van der Waals surface area (Å²) in [6.45, 7) is 7.88. The van der Waals surface area contributed by atoms with Gasteiger partial charge in [-0.15, -0.1) is 0 Å². The number of hydrogen-bond acceptors (Lipinski definition) is 1. The molecule has 0 unspecified atom stereocenters. The van der Waals surface area contributed by atoms with Crippen LogP contribution in [0.25, 0.3) is 17.3 Å². The second-order valence-electron chi connectivity index (χ2n) is 3.56. The van der Waals surface area contributed by atoms with Gasteiger partial charge in [-0.25, -0.2) is 0 Å². The second kappa shape index (κ2) is 3.77. The zero-order chi connectivity index (χ0) is 10.8. The molecule has 0 aliphatic rings. The van der Waals surface area contributed by atoms with Crippen molar-refractivity contribution >= 4 is 6.08 Å². The average Bonchev–Trinajstić information content (AvgIpc) is 2.83. The van der Waals surface area contributed by atoms with Crippen molar-refractivity contribution in [1.82, 2.24) is 15.2 Å². The zero-order valence-electron chi connectivity index (χ0n) is 9.09. The highest BCUT2D eigenvalue weighted by Gasteiger charge is 2.11. The molecular formula is C12H15N3. The Bertz CT molecular complexity index is 477. The largest absolute Gasteiger partial charge is 0.355 e. The smallest absolute Gasteiger partial charge is 0.0715 e. The van der Waals surface area contributed by atoms with Crippen molar-refractivity contribution in [3.63, 3.8) is 0 Å². The number of rotatable bonds is 3. The predicted molar refractivity (Wildman–Crippen MR) is 62.6 cm³/mol. The summed E-state index contributed by atoms with van der Waals surface area (Å²) in [5.41, 5.74) is 5.53. The minimum atomic E-state index is 0.933. The molecule has 0 saturated heterocycles. The first kappa shape index (κ1) is 9.77. The van der Waals surface area contributed by atoms with Gasteiger partial charge >= 0.3 is 0 Å². The fourth-order valence-electron chi connectivity index (χ4n) is 1.77. The lowest BCUT2D eigenvalue weighted by Crippen LogP contribution is -1.86. The second-order valence-corrected chi connectivity index (χ2v) is 3.56. The number of nitrogens with zero attached hydrogens (tertiary/aromatic N) is 1. The molecule has 0 aliphatic heterocycles. The number of nitrogens with one attached hydrogen (secondary N) is 2. The summed E-state index contributed by atoms with van der Waals surface area (Å²) in [5.74, 6) is 0. The lowest BCUT2D eigenvalue weighted by molar-refractivity contribution is 0.962. The summed E-state index contributed by atoms with van der Waals surface area (Å²) in [7, 11) is 0. The number of hydrogen-bond donors (Lipinski definition) is 2. The van der Waals surface area contributed by atoms with Crippen LogP contribution >= 0.6 is 0 Å². The lowest BCUT2D eigenvalue weighted by atomic mass is 10.1. The highest BCUT2D eigenvalue weighted by molar-refractivity contribution is 5.67. The third kappa shape index (κ3) is 1.61. The summed E-state index contributed by atoms with van der Waals surface area (Å²) in [6.07, 6.45) is 2.74. The fraction of sp³-hybridized carbons (Fsp3) is 0.250. The molecule has 0 atom stereocenters. The van der Waals surface area contributed by atoms with E-state index in [-0.39, 0.29) is 0 Å². The molecule has 2 N–H and O–H groups in total. The summed E-state index contributed by atoms with van der Waals surface area (Å²) >= 11 is 0. The maximum Gasteiger partial charge on any atom is 0.0715 e. The van der Waals surface area contributed by atoms with Gasteiger partial charge in [-0.3, -0.25) is 5.10 Å². The van der Waals surface area contributed by atoms with Gasteiger partial charge < -0.3 is 4.98 Å². The third-order valence-corrected chi connectivity index (χ3v) is 2.55. The van der Waals surface area contributed by atoms with Crippen molar-refractivity contribution in [2.45, 2.75) is 20.3 Å². The van der Waals surface area contributed by atoms with Gasteiger partial charge in [-0.05, 0) is 31.6 Å². The van der Waals surface area contributed by atoms with Crippen LogP contribution in [0.1, 0.15) is 24.0 Å². The van der Waals surface area contributed by atoms with Crippen molar-refractivity contribution in [2.75, 3.05) is 0 Å². The van der Waals surface area contributed by atoms with E-state index < -0.39 is 0 Å². The van der Waals surface area contributed by atoms with Crippen molar-refractivity contribution in [1.29, 1.82) is 0 Å². The van der Waals surface area contributed by atoms with Crippen LogP contribution in [0, 0.1) is 6.92 Å². The number of aryl methyl sites for hydroxylation is 2. The Morgan fingerprint density at radius 1 is 1.47 bits per heavy atom.